The van der Waals surface area contributed by atoms with Crippen LogP contribution >= 0.6 is 11.3 Å². The van der Waals surface area contributed by atoms with Crippen LogP contribution in [0.1, 0.15) is 10.7 Å². The number of sulfonamides is 1. The summed E-state index contributed by atoms with van der Waals surface area (Å²) in [5, 5.41) is 1.71. The van der Waals surface area contributed by atoms with Gasteiger partial charge in [-0.3, -0.25) is 9.59 Å². The fraction of sp³-hybridized carbons (Fsp3) is 0.100. The lowest BCUT2D eigenvalue weighted by Gasteiger charge is -2.18. The highest BCUT2D eigenvalue weighted by molar-refractivity contribution is 7.91. The molecule has 10 nitrogen and oxygen atoms in total. The Morgan fingerprint density at radius 3 is 2.41 bits per heavy atom. The molecule has 4 aromatic rings. The first-order chi connectivity index (χ1) is 15.2. The van der Waals surface area contributed by atoms with Crippen LogP contribution in [0.4, 0.5) is 5.69 Å². The normalized spacial score (nSPS) is 11.6. The van der Waals surface area contributed by atoms with Gasteiger partial charge in [0.05, 0.1) is 33.0 Å². The van der Waals surface area contributed by atoms with Crippen molar-refractivity contribution in [2.75, 3.05) is 5.01 Å². The van der Waals surface area contributed by atoms with Crippen LogP contribution in [0.3, 0.4) is 0 Å². The third-order valence-electron chi connectivity index (χ3n) is 4.62. The average Bonchev–Trinajstić information content (AvgIpc) is 3.11. The second-order valence-electron chi connectivity index (χ2n) is 6.81. The van der Waals surface area contributed by atoms with Crippen molar-refractivity contribution in [2.24, 2.45) is 0 Å². The highest BCUT2D eigenvalue weighted by Gasteiger charge is 2.24. The Bertz CT molecular complexity index is 1550. The summed E-state index contributed by atoms with van der Waals surface area (Å²) in [7, 11) is -4.04. The Morgan fingerprint density at radius 2 is 1.78 bits per heavy atom. The lowest BCUT2D eigenvalue weighted by atomic mass is 10.2. The molecule has 0 saturated carbocycles. The van der Waals surface area contributed by atoms with Gasteiger partial charge in [0.1, 0.15) is 0 Å². The molecule has 32 heavy (non-hydrogen) atoms. The summed E-state index contributed by atoms with van der Waals surface area (Å²) in [4.78, 5) is 45.8. The largest absolute Gasteiger partial charge is 0.333 e. The van der Waals surface area contributed by atoms with Gasteiger partial charge >= 0.3 is 5.69 Å². The number of anilines is 1. The van der Waals surface area contributed by atoms with Gasteiger partial charge in [-0.05, 0) is 50.2 Å². The molecule has 12 heteroatoms. The Morgan fingerprint density at radius 1 is 1.09 bits per heavy atom. The molecule has 0 fully saturated rings. The van der Waals surface area contributed by atoms with Gasteiger partial charge in [-0.2, -0.15) is 0 Å². The maximum absolute atomic E-state index is 12.8. The molecule has 0 aliphatic rings. The van der Waals surface area contributed by atoms with Gasteiger partial charge in [0.25, 0.3) is 15.6 Å². The summed E-state index contributed by atoms with van der Waals surface area (Å²) in [5.74, 6) is 0. The molecule has 2 aromatic heterocycles. The Labute approximate surface area is 185 Å². The lowest BCUT2D eigenvalue weighted by molar-refractivity contribution is -0.107. The SMILES string of the molecule is Cc1nc(C)c(S(=O)(=O)NN(C=O)c2ccc(-n3c(=O)[nH]c4ccccc4c3=O)cc2)s1. The van der Waals surface area contributed by atoms with E-state index in [2.05, 4.69) is 14.8 Å². The van der Waals surface area contributed by atoms with E-state index in [4.69, 9.17) is 0 Å². The van der Waals surface area contributed by atoms with E-state index < -0.39 is 21.3 Å². The van der Waals surface area contributed by atoms with E-state index in [1.165, 1.54) is 24.3 Å². The van der Waals surface area contributed by atoms with Crippen LogP contribution in [0.15, 0.2) is 62.3 Å². The van der Waals surface area contributed by atoms with Crippen molar-refractivity contribution in [3.8, 4) is 5.69 Å². The molecule has 0 saturated heterocycles. The number of rotatable bonds is 6. The molecule has 0 bridgehead atoms. The van der Waals surface area contributed by atoms with Crippen molar-refractivity contribution in [2.45, 2.75) is 18.1 Å². The summed E-state index contributed by atoms with van der Waals surface area (Å²) >= 11 is 0.992. The number of carbonyl (C=O) groups excluding carboxylic acids is 1. The van der Waals surface area contributed by atoms with Crippen molar-refractivity contribution in [3.05, 3.63) is 80.1 Å². The number of fused-ring (bicyclic) bond motifs is 1. The number of nitrogens with one attached hydrogen (secondary N) is 2. The van der Waals surface area contributed by atoms with E-state index in [9.17, 15) is 22.8 Å². The molecule has 2 aromatic carbocycles. The molecule has 4 rings (SSSR count). The van der Waals surface area contributed by atoms with Gasteiger partial charge in [-0.15, -0.1) is 16.2 Å². The number of nitrogens with zero attached hydrogens (tertiary/aromatic N) is 3. The average molecular weight is 472 g/mol. The molecule has 0 aliphatic heterocycles. The van der Waals surface area contributed by atoms with Crippen LogP contribution in [0.5, 0.6) is 0 Å². The molecule has 164 valence electrons. The number of H-pyrrole nitrogens is 1. The van der Waals surface area contributed by atoms with Gasteiger partial charge in [-0.1, -0.05) is 12.1 Å². The second kappa shape index (κ2) is 8.15. The van der Waals surface area contributed by atoms with Gasteiger partial charge < -0.3 is 4.98 Å². The summed E-state index contributed by atoms with van der Waals surface area (Å²) in [6.07, 6.45) is 0.310. The number of amides is 1. The number of thiazole rings is 1. The van der Waals surface area contributed by atoms with E-state index >= 15 is 0 Å². The van der Waals surface area contributed by atoms with Crippen LogP contribution in [0, 0.1) is 13.8 Å². The van der Waals surface area contributed by atoms with Crippen LogP contribution in [0.2, 0.25) is 0 Å². The minimum absolute atomic E-state index is 0.00715. The van der Waals surface area contributed by atoms with E-state index in [-0.39, 0.29) is 15.6 Å². The zero-order valence-electron chi connectivity index (χ0n) is 16.9. The molecule has 0 radical (unpaired) electrons. The maximum atomic E-state index is 12.8. The standard InChI is InChI=1S/C20H17N5O5S2/c1-12-19(31-13(2)21-12)32(29,30)23-24(11-26)14-7-9-15(10-8-14)25-18(27)16-5-3-4-6-17(16)22-20(25)28/h3-11,23H,1-2H3,(H,22,28). The summed E-state index contributed by atoms with van der Waals surface area (Å²) in [6.45, 7) is 3.25. The predicted octanol–water partition coefficient (Wildman–Crippen LogP) is 1.61. The van der Waals surface area contributed by atoms with Crippen LogP contribution in [-0.2, 0) is 14.8 Å². The number of carbonyl (C=O) groups is 1. The number of aryl methyl sites for hydroxylation is 2. The summed E-state index contributed by atoms with van der Waals surface area (Å²) in [6, 6.07) is 12.3. The number of aromatic nitrogens is 3. The minimum atomic E-state index is -4.04. The Hall–Kier alpha value is -3.61. The van der Waals surface area contributed by atoms with E-state index in [0.29, 0.717) is 28.0 Å². The van der Waals surface area contributed by atoms with E-state index in [1.54, 1.807) is 38.1 Å². The number of hydrazine groups is 1. The van der Waals surface area contributed by atoms with Crippen molar-refractivity contribution >= 4 is 44.4 Å². The lowest BCUT2D eigenvalue weighted by Crippen LogP contribution is -2.41. The zero-order valence-corrected chi connectivity index (χ0v) is 18.5. The quantitative estimate of drug-likeness (QED) is 0.324. The van der Waals surface area contributed by atoms with Gasteiger partial charge in [0, 0.05) is 0 Å². The first kappa shape index (κ1) is 21.6. The molecule has 2 N–H and O–H groups in total. The Balaban J connectivity index is 1.68. The second-order valence-corrected chi connectivity index (χ2v) is 9.87. The number of para-hydroxylation sites is 1. The molecule has 1 amide bonds. The smallest absolute Gasteiger partial charge is 0.306 e. The van der Waals surface area contributed by atoms with Crippen molar-refractivity contribution in [1.29, 1.82) is 0 Å². The van der Waals surface area contributed by atoms with Crippen LogP contribution in [-0.4, -0.2) is 29.4 Å². The monoisotopic (exact) mass is 471 g/mol. The van der Waals surface area contributed by atoms with Crippen molar-refractivity contribution in [3.63, 3.8) is 0 Å². The highest BCUT2D eigenvalue weighted by Crippen LogP contribution is 2.23. The summed E-state index contributed by atoms with van der Waals surface area (Å²) in [5.41, 5.74) is 0.0815. The van der Waals surface area contributed by atoms with Crippen LogP contribution < -0.4 is 21.1 Å². The predicted molar refractivity (Wildman–Crippen MR) is 121 cm³/mol. The molecule has 0 atom stereocenters. The molecular weight excluding hydrogens is 454 g/mol. The topological polar surface area (TPSA) is 134 Å². The number of benzene rings is 2. The Kier molecular flexibility index (Phi) is 5.50. The van der Waals surface area contributed by atoms with E-state index in [0.717, 1.165) is 20.9 Å². The molecule has 2 heterocycles. The number of hydrogen-bond donors (Lipinski definition) is 2. The molecule has 0 unspecified atom stereocenters. The van der Waals surface area contributed by atoms with Crippen molar-refractivity contribution in [1.82, 2.24) is 19.4 Å². The third kappa shape index (κ3) is 3.86. The summed E-state index contributed by atoms with van der Waals surface area (Å²) < 4.78 is 26.3. The fourth-order valence-corrected chi connectivity index (χ4v) is 5.71. The maximum Gasteiger partial charge on any atom is 0.333 e. The minimum Gasteiger partial charge on any atom is -0.306 e. The molecule has 0 spiro atoms. The first-order valence-corrected chi connectivity index (χ1v) is 11.6. The fourth-order valence-electron chi connectivity index (χ4n) is 3.23. The third-order valence-corrected chi connectivity index (χ3v) is 7.62. The molecular formula is C20H17N5O5S2. The number of aromatic amines is 1. The van der Waals surface area contributed by atoms with Gasteiger partial charge in [0.15, 0.2) is 4.21 Å². The van der Waals surface area contributed by atoms with Gasteiger partial charge in [0.2, 0.25) is 6.41 Å². The van der Waals surface area contributed by atoms with Gasteiger partial charge in [-0.25, -0.2) is 27.8 Å². The van der Waals surface area contributed by atoms with Crippen molar-refractivity contribution < 1.29 is 13.2 Å². The zero-order chi connectivity index (χ0) is 23.0. The van der Waals surface area contributed by atoms with Crippen LogP contribution in [0.25, 0.3) is 16.6 Å². The first-order valence-electron chi connectivity index (χ1n) is 9.27. The highest BCUT2D eigenvalue weighted by atomic mass is 32.2. The molecule has 0 aliphatic carbocycles. The van der Waals surface area contributed by atoms with E-state index in [1.807, 2.05) is 0 Å². The number of hydrogen-bond acceptors (Lipinski definition) is 7.